The van der Waals surface area contributed by atoms with Crippen LogP contribution < -0.4 is 10.1 Å². The number of carbonyl (C=O) groups excluding carboxylic acids is 2. The summed E-state index contributed by atoms with van der Waals surface area (Å²) in [5.41, 5.74) is 1.24. The van der Waals surface area contributed by atoms with Gasteiger partial charge in [0.25, 0.3) is 11.8 Å². The smallest absolute Gasteiger partial charge is 0.257 e. The van der Waals surface area contributed by atoms with Crippen molar-refractivity contribution in [1.82, 2.24) is 9.88 Å². The third-order valence-electron chi connectivity index (χ3n) is 3.78. The fourth-order valence-electron chi connectivity index (χ4n) is 2.40. The molecular weight excluding hydrogens is 342 g/mol. The van der Waals surface area contributed by atoms with E-state index in [1.807, 2.05) is 30.3 Å². The minimum atomic E-state index is -0.354. The number of nitrogens with zero attached hydrogens (tertiary/aromatic N) is 2. The van der Waals surface area contributed by atoms with Crippen molar-refractivity contribution in [3.63, 3.8) is 0 Å². The molecule has 3 aromatic rings. The lowest BCUT2D eigenvalue weighted by molar-refractivity contribution is 0.0828. The number of amides is 2. The normalized spacial score (nSPS) is 10.1. The van der Waals surface area contributed by atoms with Crippen LogP contribution in [0.5, 0.6) is 11.6 Å². The maximum absolute atomic E-state index is 12.5. The topological polar surface area (TPSA) is 71.5 Å². The Bertz CT molecular complexity index is 938. The summed E-state index contributed by atoms with van der Waals surface area (Å²) < 4.78 is 5.62. The van der Waals surface area contributed by atoms with Gasteiger partial charge in [0, 0.05) is 26.4 Å². The Labute approximate surface area is 157 Å². The summed E-state index contributed by atoms with van der Waals surface area (Å²) in [6.07, 6.45) is 1.43. The molecule has 0 unspecified atom stereocenters. The van der Waals surface area contributed by atoms with Crippen LogP contribution in [0.4, 0.5) is 5.69 Å². The number of aromatic nitrogens is 1. The molecule has 136 valence electrons. The van der Waals surface area contributed by atoms with Gasteiger partial charge in [0.1, 0.15) is 5.75 Å². The van der Waals surface area contributed by atoms with Gasteiger partial charge >= 0.3 is 0 Å². The molecule has 0 fully saturated rings. The molecule has 0 radical (unpaired) electrons. The molecule has 0 aliphatic rings. The largest absolute Gasteiger partial charge is 0.439 e. The van der Waals surface area contributed by atoms with Crippen LogP contribution in [0.3, 0.4) is 0 Å². The molecule has 0 saturated heterocycles. The summed E-state index contributed by atoms with van der Waals surface area (Å²) in [7, 11) is 3.33. The summed E-state index contributed by atoms with van der Waals surface area (Å²) in [5.74, 6) is 0.516. The number of rotatable bonds is 5. The van der Waals surface area contributed by atoms with Crippen LogP contribution in [-0.4, -0.2) is 35.8 Å². The average Bonchev–Trinajstić information content (AvgIpc) is 2.69. The van der Waals surface area contributed by atoms with Crippen molar-refractivity contribution in [2.24, 2.45) is 0 Å². The number of para-hydroxylation sites is 2. The van der Waals surface area contributed by atoms with Gasteiger partial charge in [-0.1, -0.05) is 30.3 Å². The van der Waals surface area contributed by atoms with Crippen LogP contribution in [-0.2, 0) is 0 Å². The number of pyridine rings is 1. The number of carbonyl (C=O) groups is 2. The maximum Gasteiger partial charge on any atom is 0.257 e. The lowest BCUT2D eigenvalue weighted by atomic mass is 10.1. The first kappa shape index (κ1) is 18.1. The summed E-state index contributed by atoms with van der Waals surface area (Å²) in [5, 5.41) is 2.76. The van der Waals surface area contributed by atoms with Gasteiger partial charge in [-0.3, -0.25) is 9.59 Å². The van der Waals surface area contributed by atoms with Gasteiger partial charge in [0.15, 0.2) is 0 Å². The summed E-state index contributed by atoms with van der Waals surface area (Å²) in [6.45, 7) is 0. The lowest BCUT2D eigenvalue weighted by Gasteiger charge is -2.14. The highest BCUT2D eigenvalue weighted by Gasteiger charge is 2.15. The van der Waals surface area contributed by atoms with E-state index in [0.29, 0.717) is 28.4 Å². The minimum absolute atomic E-state index is 0.185. The van der Waals surface area contributed by atoms with Crippen LogP contribution in [0.25, 0.3) is 0 Å². The quantitative estimate of drug-likeness (QED) is 0.750. The molecule has 2 amide bonds. The second-order valence-electron chi connectivity index (χ2n) is 6.00. The Balaban J connectivity index is 1.73. The Morgan fingerprint density at radius 2 is 1.63 bits per heavy atom. The average molecular weight is 361 g/mol. The molecule has 1 N–H and O–H groups in total. The van der Waals surface area contributed by atoms with Crippen molar-refractivity contribution >= 4 is 17.5 Å². The van der Waals surface area contributed by atoms with Crippen molar-refractivity contribution in [3.8, 4) is 11.6 Å². The minimum Gasteiger partial charge on any atom is -0.439 e. The van der Waals surface area contributed by atoms with Gasteiger partial charge in [0.05, 0.1) is 16.8 Å². The fourth-order valence-corrected chi connectivity index (χ4v) is 2.40. The molecule has 27 heavy (non-hydrogen) atoms. The molecule has 0 atom stereocenters. The zero-order valence-corrected chi connectivity index (χ0v) is 15.0. The second-order valence-corrected chi connectivity index (χ2v) is 6.00. The van der Waals surface area contributed by atoms with Crippen molar-refractivity contribution in [2.45, 2.75) is 0 Å². The molecule has 1 aromatic heterocycles. The van der Waals surface area contributed by atoms with Gasteiger partial charge < -0.3 is 15.0 Å². The van der Waals surface area contributed by atoms with E-state index in [2.05, 4.69) is 10.3 Å². The molecule has 2 aromatic carbocycles. The highest BCUT2D eigenvalue weighted by molar-refractivity contribution is 6.08. The number of benzene rings is 2. The third-order valence-corrected chi connectivity index (χ3v) is 3.78. The first-order chi connectivity index (χ1) is 13.0. The Morgan fingerprint density at radius 1 is 0.926 bits per heavy atom. The monoisotopic (exact) mass is 361 g/mol. The number of ether oxygens (including phenoxy) is 1. The van der Waals surface area contributed by atoms with Gasteiger partial charge in [-0.05, 0) is 30.3 Å². The molecule has 0 bridgehead atoms. The van der Waals surface area contributed by atoms with E-state index < -0.39 is 0 Å². The third kappa shape index (κ3) is 4.49. The van der Waals surface area contributed by atoms with Crippen molar-refractivity contribution in [3.05, 3.63) is 84.1 Å². The number of hydrogen-bond acceptors (Lipinski definition) is 4. The predicted molar refractivity (Wildman–Crippen MR) is 103 cm³/mol. The van der Waals surface area contributed by atoms with E-state index in [1.54, 1.807) is 50.5 Å². The van der Waals surface area contributed by atoms with Crippen LogP contribution in [0, 0.1) is 0 Å². The van der Waals surface area contributed by atoms with Crippen LogP contribution >= 0.6 is 0 Å². The van der Waals surface area contributed by atoms with E-state index in [4.69, 9.17) is 4.74 Å². The molecule has 0 aliphatic heterocycles. The standard InChI is InChI=1S/C21H19N3O3/c1-24(2)21(26)17-10-6-7-11-18(17)23-20(25)15-12-13-19(22-14-15)27-16-8-4-3-5-9-16/h3-14H,1-2H3,(H,23,25). The van der Waals surface area contributed by atoms with Gasteiger partial charge in [0.2, 0.25) is 5.88 Å². The Hall–Kier alpha value is -3.67. The molecule has 1 heterocycles. The molecule has 0 spiro atoms. The SMILES string of the molecule is CN(C)C(=O)c1ccccc1NC(=O)c1ccc(Oc2ccccc2)nc1. The van der Waals surface area contributed by atoms with Crippen molar-refractivity contribution in [2.75, 3.05) is 19.4 Å². The number of anilines is 1. The van der Waals surface area contributed by atoms with Gasteiger partial charge in [-0.2, -0.15) is 0 Å². The van der Waals surface area contributed by atoms with Crippen molar-refractivity contribution < 1.29 is 14.3 Å². The molecule has 6 heteroatoms. The second kappa shape index (κ2) is 8.14. The molecule has 3 rings (SSSR count). The van der Waals surface area contributed by atoms with Gasteiger partial charge in [-0.25, -0.2) is 4.98 Å². The fraction of sp³-hybridized carbons (Fsp3) is 0.0952. The van der Waals surface area contributed by atoms with Crippen LogP contribution in [0.1, 0.15) is 20.7 Å². The summed E-state index contributed by atoms with van der Waals surface area (Å²) >= 11 is 0. The Morgan fingerprint density at radius 3 is 2.30 bits per heavy atom. The first-order valence-electron chi connectivity index (χ1n) is 8.35. The summed E-state index contributed by atoms with van der Waals surface area (Å²) in [4.78, 5) is 30.4. The van der Waals surface area contributed by atoms with Crippen molar-refractivity contribution in [1.29, 1.82) is 0 Å². The van der Waals surface area contributed by atoms with Gasteiger partial charge in [-0.15, -0.1) is 0 Å². The number of hydrogen-bond donors (Lipinski definition) is 1. The molecule has 6 nitrogen and oxygen atoms in total. The van der Waals surface area contributed by atoms with E-state index in [-0.39, 0.29) is 11.8 Å². The highest BCUT2D eigenvalue weighted by atomic mass is 16.5. The van der Waals surface area contributed by atoms with E-state index in [0.717, 1.165) is 0 Å². The molecule has 0 aliphatic carbocycles. The van der Waals surface area contributed by atoms with Crippen LogP contribution in [0.15, 0.2) is 72.9 Å². The zero-order chi connectivity index (χ0) is 19.2. The first-order valence-corrected chi connectivity index (χ1v) is 8.35. The maximum atomic E-state index is 12.5. The Kier molecular flexibility index (Phi) is 5.47. The number of nitrogens with one attached hydrogen (secondary N) is 1. The van der Waals surface area contributed by atoms with Crippen LogP contribution in [0.2, 0.25) is 0 Å². The van der Waals surface area contributed by atoms with E-state index >= 15 is 0 Å². The molecular formula is C21H19N3O3. The zero-order valence-electron chi connectivity index (χ0n) is 15.0. The lowest BCUT2D eigenvalue weighted by Crippen LogP contribution is -2.24. The molecule has 0 saturated carbocycles. The predicted octanol–water partition coefficient (Wildman–Crippen LogP) is 3.83. The highest BCUT2D eigenvalue weighted by Crippen LogP contribution is 2.20. The van der Waals surface area contributed by atoms with E-state index in [9.17, 15) is 9.59 Å². The van der Waals surface area contributed by atoms with E-state index in [1.165, 1.54) is 11.1 Å². The summed E-state index contributed by atoms with van der Waals surface area (Å²) in [6, 6.07) is 19.4.